The van der Waals surface area contributed by atoms with Crippen LogP contribution >= 0.6 is 0 Å². The highest BCUT2D eigenvalue weighted by Gasteiger charge is 2.15. The predicted octanol–water partition coefficient (Wildman–Crippen LogP) is 2.69. The van der Waals surface area contributed by atoms with E-state index in [0.29, 0.717) is 28.7 Å². The zero-order valence-electron chi connectivity index (χ0n) is 13.8. The van der Waals surface area contributed by atoms with E-state index in [0.717, 1.165) is 19.4 Å². The Morgan fingerprint density at radius 1 is 1.25 bits per heavy atom. The summed E-state index contributed by atoms with van der Waals surface area (Å²) < 4.78 is 10.5. The number of ether oxygens (including phenoxy) is 2. The van der Waals surface area contributed by atoms with Gasteiger partial charge in [0.25, 0.3) is 5.91 Å². The lowest BCUT2D eigenvalue weighted by Crippen LogP contribution is -2.21. The van der Waals surface area contributed by atoms with E-state index in [1.54, 1.807) is 18.2 Å². The number of hydrogen-bond donors (Lipinski definition) is 1. The smallest absolute Gasteiger partial charge is 0.258 e. The first-order valence-corrected chi connectivity index (χ1v) is 7.91. The van der Waals surface area contributed by atoms with E-state index in [1.807, 2.05) is 11.9 Å². The van der Waals surface area contributed by atoms with Crippen molar-refractivity contribution in [3.8, 4) is 11.5 Å². The molecule has 0 saturated heterocycles. The standard InChI is InChI=1S/C17H20N4O3/c1-3-4-7-21(2)17-18-9-12(10-19-17)16(22)20-13-5-6-14-15(8-13)24-11-23-14/h5-6,8-10H,3-4,7,11H2,1-2H3,(H,20,22). The van der Waals surface area contributed by atoms with Crippen molar-refractivity contribution in [2.45, 2.75) is 19.8 Å². The second-order valence-corrected chi connectivity index (χ2v) is 5.57. The number of amides is 1. The largest absolute Gasteiger partial charge is 0.454 e. The topological polar surface area (TPSA) is 76.6 Å². The van der Waals surface area contributed by atoms with Crippen molar-refractivity contribution >= 4 is 17.5 Å². The number of hydrogen-bond acceptors (Lipinski definition) is 6. The van der Waals surface area contributed by atoms with Gasteiger partial charge in [0, 0.05) is 37.7 Å². The molecule has 0 radical (unpaired) electrons. The Balaban J connectivity index is 1.64. The lowest BCUT2D eigenvalue weighted by Gasteiger charge is -2.16. The molecule has 0 bridgehead atoms. The average molecular weight is 328 g/mol. The van der Waals surface area contributed by atoms with Crippen LogP contribution in [0, 0.1) is 0 Å². The van der Waals surface area contributed by atoms with Gasteiger partial charge >= 0.3 is 0 Å². The third-order valence-corrected chi connectivity index (χ3v) is 3.72. The van der Waals surface area contributed by atoms with Gasteiger partial charge < -0.3 is 19.7 Å². The Kier molecular flexibility index (Phi) is 4.79. The number of carbonyl (C=O) groups is 1. The van der Waals surface area contributed by atoms with Gasteiger partial charge in [-0.25, -0.2) is 9.97 Å². The first-order chi connectivity index (χ1) is 11.7. The Morgan fingerprint density at radius 3 is 2.75 bits per heavy atom. The molecule has 1 aromatic carbocycles. The molecule has 1 N–H and O–H groups in total. The number of nitrogens with one attached hydrogen (secondary N) is 1. The second-order valence-electron chi connectivity index (χ2n) is 5.57. The number of fused-ring (bicyclic) bond motifs is 1. The van der Waals surface area contributed by atoms with Crippen molar-refractivity contribution < 1.29 is 14.3 Å². The first-order valence-electron chi connectivity index (χ1n) is 7.91. The highest BCUT2D eigenvalue weighted by Crippen LogP contribution is 2.34. The van der Waals surface area contributed by atoms with Gasteiger partial charge in [-0.1, -0.05) is 13.3 Å². The highest BCUT2D eigenvalue weighted by atomic mass is 16.7. The van der Waals surface area contributed by atoms with Gasteiger partial charge in [0.15, 0.2) is 11.5 Å². The summed E-state index contributed by atoms with van der Waals surface area (Å²) in [6.45, 7) is 3.23. The van der Waals surface area contributed by atoms with Crippen LogP contribution in [0.2, 0.25) is 0 Å². The molecule has 126 valence electrons. The molecule has 0 unspecified atom stereocenters. The number of benzene rings is 1. The summed E-state index contributed by atoms with van der Waals surface area (Å²) in [7, 11) is 1.94. The minimum atomic E-state index is -0.267. The van der Waals surface area contributed by atoms with Crippen molar-refractivity contribution in [3.05, 3.63) is 36.2 Å². The Hall–Kier alpha value is -2.83. The summed E-state index contributed by atoms with van der Waals surface area (Å²) in [5.74, 6) is 1.65. The molecule has 7 nitrogen and oxygen atoms in total. The van der Waals surface area contributed by atoms with Crippen LogP contribution in [-0.2, 0) is 0 Å². The monoisotopic (exact) mass is 328 g/mol. The van der Waals surface area contributed by atoms with Gasteiger partial charge in [0.1, 0.15) is 0 Å². The zero-order valence-corrected chi connectivity index (χ0v) is 13.8. The maximum absolute atomic E-state index is 12.3. The molecule has 3 rings (SSSR count). The van der Waals surface area contributed by atoms with Crippen molar-refractivity contribution in [3.63, 3.8) is 0 Å². The molecule has 7 heteroatoms. The fourth-order valence-electron chi connectivity index (χ4n) is 2.31. The van der Waals surface area contributed by atoms with Gasteiger partial charge in [0.05, 0.1) is 5.56 Å². The van der Waals surface area contributed by atoms with Crippen molar-refractivity contribution in [2.24, 2.45) is 0 Å². The number of unbranched alkanes of at least 4 members (excludes halogenated alkanes) is 1. The lowest BCUT2D eigenvalue weighted by atomic mass is 10.2. The maximum atomic E-state index is 12.3. The van der Waals surface area contributed by atoms with E-state index >= 15 is 0 Å². The molecule has 2 heterocycles. The fraction of sp³-hybridized carbons (Fsp3) is 0.353. The molecule has 0 aliphatic carbocycles. The molecule has 2 aromatic rings. The zero-order chi connectivity index (χ0) is 16.9. The van der Waals surface area contributed by atoms with E-state index in [9.17, 15) is 4.79 Å². The van der Waals surface area contributed by atoms with Crippen LogP contribution in [0.1, 0.15) is 30.1 Å². The number of anilines is 2. The van der Waals surface area contributed by atoms with Gasteiger partial charge in [-0.05, 0) is 18.6 Å². The minimum Gasteiger partial charge on any atom is -0.454 e. The molecule has 1 aliphatic rings. The minimum absolute atomic E-state index is 0.202. The Morgan fingerprint density at radius 2 is 2.00 bits per heavy atom. The second kappa shape index (κ2) is 7.16. The summed E-state index contributed by atoms with van der Waals surface area (Å²) in [5.41, 5.74) is 1.04. The quantitative estimate of drug-likeness (QED) is 0.878. The van der Waals surface area contributed by atoms with Crippen LogP contribution in [-0.4, -0.2) is 36.3 Å². The third kappa shape index (κ3) is 3.56. The van der Waals surface area contributed by atoms with Gasteiger partial charge in [-0.15, -0.1) is 0 Å². The van der Waals surface area contributed by atoms with E-state index < -0.39 is 0 Å². The van der Waals surface area contributed by atoms with Gasteiger partial charge in [-0.2, -0.15) is 0 Å². The Bertz CT molecular complexity index is 718. The van der Waals surface area contributed by atoms with E-state index in [1.165, 1.54) is 12.4 Å². The van der Waals surface area contributed by atoms with Crippen molar-refractivity contribution in [2.75, 3.05) is 30.6 Å². The molecular weight excluding hydrogens is 308 g/mol. The average Bonchev–Trinajstić information content (AvgIpc) is 3.07. The predicted molar refractivity (Wildman–Crippen MR) is 90.7 cm³/mol. The summed E-state index contributed by atoms with van der Waals surface area (Å²) in [6.07, 6.45) is 5.26. The molecule has 0 fully saturated rings. The molecule has 1 amide bonds. The van der Waals surface area contributed by atoms with Gasteiger partial charge in [0.2, 0.25) is 12.7 Å². The number of rotatable bonds is 6. The molecule has 1 aliphatic heterocycles. The Labute approximate surface area is 140 Å². The maximum Gasteiger partial charge on any atom is 0.258 e. The molecule has 1 aromatic heterocycles. The molecule has 0 spiro atoms. The summed E-state index contributed by atoms with van der Waals surface area (Å²) in [4.78, 5) is 22.8. The van der Waals surface area contributed by atoms with E-state index in [4.69, 9.17) is 9.47 Å². The normalized spacial score (nSPS) is 12.1. The molecule has 0 atom stereocenters. The molecule has 0 saturated carbocycles. The van der Waals surface area contributed by atoms with E-state index in [2.05, 4.69) is 22.2 Å². The van der Waals surface area contributed by atoms with E-state index in [-0.39, 0.29) is 12.7 Å². The van der Waals surface area contributed by atoms with Crippen molar-refractivity contribution in [1.29, 1.82) is 0 Å². The number of aromatic nitrogens is 2. The number of nitrogens with zero attached hydrogens (tertiary/aromatic N) is 3. The highest BCUT2D eigenvalue weighted by molar-refractivity contribution is 6.04. The lowest BCUT2D eigenvalue weighted by molar-refractivity contribution is 0.102. The van der Waals surface area contributed by atoms with Crippen LogP contribution in [0.25, 0.3) is 0 Å². The first kappa shape index (κ1) is 16.0. The summed E-state index contributed by atoms with van der Waals surface area (Å²) in [6, 6.07) is 5.26. The number of carbonyl (C=O) groups excluding carboxylic acids is 1. The molecule has 24 heavy (non-hydrogen) atoms. The van der Waals surface area contributed by atoms with Crippen LogP contribution in [0.5, 0.6) is 11.5 Å². The van der Waals surface area contributed by atoms with Gasteiger partial charge in [-0.3, -0.25) is 4.79 Å². The summed E-state index contributed by atoms with van der Waals surface area (Å²) >= 11 is 0. The van der Waals surface area contributed by atoms with Crippen LogP contribution in [0.15, 0.2) is 30.6 Å². The van der Waals surface area contributed by atoms with Crippen LogP contribution in [0.4, 0.5) is 11.6 Å². The SMILES string of the molecule is CCCCN(C)c1ncc(C(=O)Nc2ccc3c(c2)OCO3)cn1. The summed E-state index contributed by atoms with van der Waals surface area (Å²) in [5, 5.41) is 2.80. The molecular formula is C17H20N4O3. The van der Waals surface area contributed by atoms with Crippen LogP contribution < -0.4 is 19.7 Å². The van der Waals surface area contributed by atoms with Crippen molar-refractivity contribution in [1.82, 2.24) is 9.97 Å². The fourth-order valence-corrected chi connectivity index (χ4v) is 2.31. The van der Waals surface area contributed by atoms with Crippen LogP contribution in [0.3, 0.4) is 0 Å². The third-order valence-electron chi connectivity index (χ3n) is 3.72.